The number of hydrogen-bond donors (Lipinski definition) is 0. The normalized spacial score (nSPS) is 11.1. The molecule has 0 radical (unpaired) electrons. The highest BCUT2D eigenvalue weighted by atomic mass is 15.2. The molecule has 0 aromatic heterocycles. The van der Waals surface area contributed by atoms with Crippen LogP contribution < -0.4 is 19.6 Å². The maximum atomic E-state index is 9.70. The molecule has 14 rings (SSSR count). The van der Waals surface area contributed by atoms with E-state index in [1.54, 1.807) is 0 Å². The van der Waals surface area contributed by atoms with Crippen LogP contribution in [0.15, 0.2) is 315 Å². The van der Waals surface area contributed by atoms with E-state index in [1.165, 1.54) is 0 Å². The fourth-order valence-electron chi connectivity index (χ4n) is 11.8. The molecule has 0 aliphatic rings. The van der Waals surface area contributed by atoms with Gasteiger partial charge in [-0.2, -0.15) is 5.26 Å². The molecule has 394 valence electrons. The first kappa shape index (κ1) is 50.5. The Bertz CT molecular complexity index is 4460. The summed E-state index contributed by atoms with van der Waals surface area (Å²) in [4.78, 5) is 12.9. The van der Waals surface area contributed by atoms with Gasteiger partial charge in [-0.15, -0.1) is 0 Å². The summed E-state index contributed by atoms with van der Waals surface area (Å²) >= 11 is 0. The molecule has 14 aromatic rings. The molecular formula is C78H52N6. The number of nitrogens with zero attached hydrogens (tertiary/aromatic N) is 6. The Morgan fingerprint density at radius 3 is 0.738 bits per heavy atom. The summed E-state index contributed by atoms with van der Waals surface area (Å²) in [6.45, 7) is 7.64. The van der Waals surface area contributed by atoms with Crippen LogP contribution in [0.25, 0.3) is 59.1 Å². The summed E-state index contributed by atoms with van der Waals surface area (Å²) in [6.07, 6.45) is 0. The van der Waals surface area contributed by atoms with Gasteiger partial charge in [0, 0.05) is 67.0 Å². The lowest BCUT2D eigenvalue weighted by Crippen LogP contribution is -2.13. The molecule has 6 heteroatoms. The number of fused-ring (bicyclic) bond motifs is 4. The van der Waals surface area contributed by atoms with Gasteiger partial charge < -0.3 is 19.6 Å². The Hall–Kier alpha value is -11.7. The third-order valence-electron chi connectivity index (χ3n) is 15.8. The molecule has 0 unspecified atom stereocenters. The number of nitriles is 1. The van der Waals surface area contributed by atoms with Gasteiger partial charge in [-0.1, -0.05) is 182 Å². The van der Waals surface area contributed by atoms with Gasteiger partial charge >= 0.3 is 0 Å². The number of benzene rings is 14. The number of hydrogen-bond acceptors (Lipinski definition) is 5. The highest BCUT2D eigenvalue weighted by Crippen LogP contribution is 2.46. The summed E-state index contributed by atoms with van der Waals surface area (Å²) < 4.78 is 0. The molecular weight excluding hydrogens is 1020 g/mol. The molecule has 0 N–H and O–H groups in total. The Morgan fingerprint density at radius 2 is 0.476 bits per heavy atom. The number of rotatable bonds is 13. The molecule has 0 heterocycles. The summed E-state index contributed by atoms with van der Waals surface area (Å²) in [5.41, 5.74) is 15.7. The van der Waals surface area contributed by atoms with Gasteiger partial charge in [0.1, 0.15) is 0 Å². The standard InChI is InChI=1S/C78H52N6/c1-80-62-36-44-66(45-37-62)84(78-29-13-21-61-17-5-9-25-74(61)78)70-52-50-69(51-53-70)83(77-28-12-20-60-16-4-8-24-73(60)77)65-42-34-57(35-43-65)56-32-40-64(41-33-56)82(76-27-11-19-59-15-3-7-23-72(59)76)68-48-46-67(47-49-68)81(63-38-30-55(54-79)31-39-63)75-26-10-18-58-14-2-6-22-71(58)75/h2-53H. The monoisotopic (exact) mass is 1070 g/mol. The first-order valence-electron chi connectivity index (χ1n) is 28.1. The van der Waals surface area contributed by atoms with Gasteiger partial charge in [0.2, 0.25) is 0 Å². The van der Waals surface area contributed by atoms with Crippen LogP contribution in [0.5, 0.6) is 0 Å². The van der Waals surface area contributed by atoms with Crippen LogP contribution in [-0.4, -0.2) is 0 Å². The molecule has 14 aromatic carbocycles. The second-order valence-corrected chi connectivity index (χ2v) is 20.7. The van der Waals surface area contributed by atoms with Crippen LogP contribution in [0.2, 0.25) is 0 Å². The second kappa shape index (κ2) is 22.1. The maximum Gasteiger partial charge on any atom is 0.187 e. The van der Waals surface area contributed by atoms with Crippen molar-refractivity contribution in [2.24, 2.45) is 0 Å². The van der Waals surface area contributed by atoms with E-state index in [2.05, 4.69) is 297 Å². The third-order valence-corrected chi connectivity index (χ3v) is 15.8. The minimum absolute atomic E-state index is 0.603. The van der Waals surface area contributed by atoms with Gasteiger partial charge in [-0.25, -0.2) is 4.85 Å². The van der Waals surface area contributed by atoms with Crippen LogP contribution in [0, 0.1) is 17.9 Å². The summed E-state index contributed by atoms with van der Waals surface area (Å²) in [5.74, 6) is 0. The zero-order chi connectivity index (χ0) is 56.3. The van der Waals surface area contributed by atoms with Crippen molar-refractivity contribution in [1.29, 1.82) is 5.26 Å². The predicted molar refractivity (Wildman–Crippen MR) is 352 cm³/mol. The van der Waals surface area contributed by atoms with Crippen LogP contribution in [0.4, 0.5) is 73.9 Å². The minimum atomic E-state index is 0.603. The van der Waals surface area contributed by atoms with E-state index in [4.69, 9.17) is 6.57 Å². The summed E-state index contributed by atoms with van der Waals surface area (Å²) in [5, 5.41) is 18.9. The van der Waals surface area contributed by atoms with E-state index in [0.29, 0.717) is 11.3 Å². The van der Waals surface area contributed by atoms with Crippen molar-refractivity contribution >= 4 is 117 Å². The van der Waals surface area contributed by atoms with Crippen molar-refractivity contribution < 1.29 is 0 Å². The average molecular weight is 1070 g/mol. The zero-order valence-electron chi connectivity index (χ0n) is 45.7. The molecule has 84 heavy (non-hydrogen) atoms. The Kier molecular flexibility index (Phi) is 13.3. The van der Waals surface area contributed by atoms with Crippen molar-refractivity contribution in [2.45, 2.75) is 0 Å². The van der Waals surface area contributed by atoms with E-state index in [0.717, 1.165) is 122 Å². The predicted octanol–water partition coefficient (Wildman–Crippen LogP) is 22.3. The van der Waals surface area contributed by atoms with E-state index in [-0.39, 0.29) is 0 Å². The van der Waals surface area contributed by atoms with Crippen LogP contribution in [-0.2, 0) is 0 Å². The Balaban J connectivity index is 0.818. The van der Waals surface area contributed by atoms with Gasteiger partial charge in [0.25, 0.3) is 0 Å². The molecule has 0 amide bonds. The molecule has 0 saturated heterocycles. The largest absolute Gasteiger partial charge is 0.310 e. The van der Waals surface area contributed by atoms with Crippen LogP contribution in [0.3, 0.4) is 0 Å². The molecule has 0 bridgehead atoms. The first-order valence-corrected chi connectivity index (χ1v) is 28.1. The lowest BCUT2D eigenvalue weighted by Gasteiger charge is -2.30. The quantitative estimate of drug-likeness (QED) is 0.108. The lowest BCUT2D eigenvalue weighted by molar-refractivity contribution is 1.27. The van der Waals surface area contributed by atoms with Crippen LogP contribution >= 0.6 is 0 Å². The van der Waals surface area contributed by atoms with Crippen molar-refractivity contribution in [3.63, 3.8) is 0 Å². The van der Waals surface area contributed by atoms with E-state index in [1.807, 2.05) is 48.5 Å². The lowest BCUT2D eigenvalue weighted by atomic mass is 10.0. The molecule has 0 saturated carbocycles. The topological polar surface area (TPSA) is 41.1 Å². The average Bonchev–Trinajstić information content (AvgIpc) is 3.74. The summed E-state index contributed by atoms with van der Waals surface area (Å²) in [6, 6.07) is 113. The summed E-state index contributed by atoms with van der Waals surface area (Å²) in [7, 11) is 0. The molecule has 0 aliphatic heterocycles. The number of anilines is 12. The SMILES string of the molecule is [C-]#[N+]c1ccc(N(c2ccc(N(c3ccc(-c4ccc(N(c5ccc(N(c6ccc(C#N)cc6)c6cccc7ccccc67)cc5)c5cccc6ccccc56)cc4)cc3)c3cccc4ccccc34)cc2)c2cccc3ccccc23)cc1. The van der Waals surface area contributed by atoms with E-state index < -0.39 is 0 Å². The van der Waals surface area contributed by atoms with Crippen molar-refractivity contribution in [3.8, 4) is 17.2 Å². The Morgan fingerprint density at radius 1 is 0.250 bits per heavy atom. The fraction of sp³-hybridized carbons (Fsp3) is 0. The second-order valence-electron chi connectivity index (χ2n) is 20.7. The van der Waals surface area contributed by atoms with Gasteiger partial charge in [0.05, 0.1) is 41.0 Å². The molecule has 6 nitrogen and oxygen atoms in total. The first-order chi connectivity index (χ1) is 41.6. The van der Waals surface area contributed by atoms with Crippen molar-refractivity contribution in [2.75, 3.05) is 19.6 Å². The molecule has 0 fully saturated rings. The highest BCUT2D eigenvalue weighted by molar-refractivity contribution is 6.03. The highest BCUT2D eigenvalue weighted by Gasteiger charge is 2.22. The van der Waals surface area contributed by atoms with E-state index in [9.17, 15) is 5.26 Å². The maximum absolute atomic E-state index is 9.70. The zero-order valence-corrected chi connectivity index (χ0v) is 45.7. The molecule has 0 spiro atoms. The van der Waals surface area contributed by atoms with E-state index >= 15 is 0 Å². The third kappa shape index (κ3) is 9.52. The smallest absolute Gasteiger partial charge is 0.187 e. The van der Waals surface area contributed by atoms with Gasteiger partial charge in [-0.3, -0.25) is 0 Å². The van der Waals surface area contributed by atoms with Crippen LogP contribution in [0.1, 0.15) is 5.56 Å². The molecule has 0 atom stereocenters. The van der Waals surface area contributed by atoms with Crippen molar-refractivity contribution in [1.82, 2.24) is 0 Å². The minimum Gasteiger partial charge on any atom is -0.310 e. The molecule has 0 aliphatic carbocycles. The van der Waals surface area contributed by atoms with Crippen molar-refractivity contribution in [3.05, 3.63) is 332 Å². The fourth-order valence-corrected chi connectivity index (χ4v) is 11.8. The Labute approximate surface area is 488 Å². The van der Waals surface area contributed by atoms with Gasteiger partial charge in [-0.05, 0) is 166 Å². The van der Waals surface area contributed by atoms with Gasteiger partial charge in [0.15, 0.2) is 5.69 Å².